The molecule has 0 aliphatic carbocycles. The molecular formula is C52H60F2N4O4Zn. The molecule has 63 heavy (non-hydrogen) atoms. The molecule has 11 heteroatoms. The number of carbonyl (C=O) groups excluding carboxylic acids is 2. The fraction of sp³-hybridized carbons (Fsp3) is 0.385. The van der Waals surface area contributed by atoms with E-state index in [9.17, 15) is 18.4 Å². The second-order valence-corrected chi connectivity index (χ2v) is 17.9. The maximum absolute atomic E-state index is 14.6. The van der Waals surface area contributed by atoms with Crippen LogP contribution in [-0.4, -0.2) is 36.6 Å². The number of ether oxygens (including phenoxy) is 2. The number of nitrogens with zero attached hydrogens (tertiary/aromatic N) is 4. The Hall–Kier alpha value is -5.28. The van der Waals surface area contributed by atoms with E-state index in [0.29, 0.717) is 79.0 Å². The molecule has 4 heterocycles. The van der Waals surface area contributed by atoms with Gasteiger partial charge in [-0.15, -0.1) is 22.8 Å². The summed E-state index contributed by atoms with van der Waals surface area (Å²) in [6.45, 7) is 31.1. The topological polar surface area (TPSA) is 106 Å². The molecular weight excluding hydrogens is 848 g/mol. The summed E-state index contributed by atoms with van der Waals surface area (Å²) < 4.78 is 39.7. The quantitative estimate of drug-likeness (QED) is 0.129. The number of halogens is 2. The first kappa shape index (κ1) is 50.4. The molecule has 2 aromatic heterocycles. The van der Waals surface area contributed by atoms with Crippen LogP contribution in [0.4, 0.5) is 8.78 Å². The van der Waals surface area contributed by atoms with E-state index < -0.39 is 11.9 Å². The first-order valence-corrected chi connectivity index (χ1v) is 21.1. The minimum absolute atomic E-state index is 0. The van der Waals surface area contributed by atoms with Crippen LogP contribution >= 0.6 is 0 Å². The monoisotopic (exact) mass is 906 g/mol. The third kappa shape index (κ3) is 10.3. The van der Waals surface area contributed by atoms with E-state index in [1.807, 2.05) is 38.1 Å². The summed E-state index contributed by atoms with van der Waals surface area (Å²) in [4.78, 5) is 43.5. The fourth-order valence-electron chi connectivity index (χ4n) is 7.77. The SMILES string of the molecule is CCOC(=O)C1=C(C)/C(=C(\c2ccc(C(C)(C)C)cc2)c2[n-]c(C)c(F)c2C)N=C1C.CCOC(=O)c1c(C)[n-]c(/C(=C2\N=C(C)C(F)=C2C)c2ccc(C(C)(C)C)cc2)c1C.[Zn+2]. The third-order valence-corrected chi connectivity index (χ3v) is 11.3. The Kier molecular flexibility index (Phi) is 15.7. The van der Waals surface area contributed by atoms with Crippen molar-refractivity contribution >= 4 is 34.5 Å². The Morgan fingerprint density at radius 1 is 0.587 bits per heavy atom. The van der Waals surface area contributed by atoms with E-state index in [1.165, 1.54) is 11.1 Å². The van der Waals surface area contributed by atoms with Gasteiger partial charge in [-0.05, 0) is 111 Å². The standard InChI is InChI=1S/2C26H31FN2O2.Zn/c2*1-9-31-25(30)20-14(2)23(28-16(20)4)21(24-15(3)22(27)17(5)29-24)18-10-12-19(13-11-18)26(6,7)8;/h2*10-13H,9H2,1-8H3,(H,28,29,30);/q;;+2/p-2. The third-order valence-electron chi connectivity index (χ3n) is 11.3. The van der Waals surface area contributed by atoms with Gasteiger partial charge in [0.05, 0.1) is 41.6 Å². The van der Waals surface area contributed by atoms with Gasteiger partial charge in [0, 0.05) is 11.1 Å². The van der Waals surface area contributed by atoms with E-state index in [1.54, 1.807) is 55.4 Å². The molecule has 4 aromatic rings. The summed E-state index contributed by atoms with van der Waals surface area (Å²) >= 11 is 0. The largest absolute Gasteiger partial charge is 2.00 e. The second kappa shape index (κ2) is 19.6. The molecule has 0 bridgehead atoms. The minimum atomic E-state index is -0.395. The molecule has 0 saturated carbocycles. The van der Waals surface area contributed by atoms with Crippen LogP contribution in [0.1, 0.15) is 150 Å². The Labute approximate surface area is 384 Å². The van der Waals surface area contributed by atoms with Crippen LogP contribution in [0.3, 0.4) is 0 Å². The number of benzene rings is 2. The zero-order chi connectivity index (χ0) is 46.2. The summed E-state index contributed by atoms with van der Waals surface area (Å²) in [6.07, 6.45) is 0. The van der Waals surface area contributed by atoms with Crippen molar-refractivity contribution in [2.75, 3.05) is 13.2 Å². The van der Waals surface area contributed by atoms with E-state index >= 15 is 0 Å². The number of aliphatic imine (C=N–C) groups is 2. The van der Waals surface area contributed by atoms with Gasteiger partial charge in [-0.2, -0.15) is 0 Å². The fourth-order valence-corrected chi connectivity index (χ4v) is 7.77. The maximum Gasteiger partial charge on any atom is 2.00 e. The zero-order valence-corrected chi connectivity index (χ0v) is 42.9. The number of carbonyl (C=O) groups is 2. The van der Waals surface area contributed by atoms with Gasteiger partial charge in [0.15, 0.2) is 0 Å². The van der Waals surface area contributed by atoms with Crippen molar-refractivity contribution in [2.24, 2.45) is 9.98 Å². The summed E-state index contributed by atoms with van der Waals surface area (Å²) in [5.74, 6) is -1.42. The molecule has 2 aliphatic rings. The van der Waals surface area contributed by atoms with Crippen molar-refractivity contribution in [1.82, 2.24) is 9.97 Å². The van der Waals surface area contributed by atoms with Gasteiger partial charge in [-0.1, -0.05) is 109 Å². The predicted octanol–water partition coefficient (Wildman–Crippen LogP) is 12.0. The number of rotatable bonds is 8. The second-order valence-electron chi connectivity index (χ2n) is 17.9. The molecule has 0 spiro atoms. The first-order chi connectivity index (χ1) is 28.9. The maximum atomic E-state index is 14.6. The van der Waals surface area contributed by atoms with Gasteiger partial charge in [0.1, 0.15) is 11.6 Å². The minimum Gasteiger partial charge on any atom is -0.660 e. The summed E-state index contributed by atoms with van der Waals surface area (Å²) in [7, 11) is 0. The van der Waals surface area contributed by atoms with Gasteiger partial charge in [-0.3, -0.25) is 4.99 Å². The molecule has 0 fully saturated rings. The molecule has 0 saturated heterocycles. The van der Waals surface area contributed by atoms with Crippen LogP contribution < -0.4 is 9.97 Å². The van der Waals surface area contributed by atoms with Crippen molar-refractivity contribution in [2.45, 2.75) is 122 Å². The summed E-state index contributed by atoms with van der Waals surface area (Å²) in [5, 5.41) is 0. The Morgan fingerprint density at radius 3 is 1.40 bits per heavy atom. The predicted molar refractivity (Wildman–Crippen MR) is 246 cm³/mol. The molecule has 328 valence electrons. The van der Waals surface area contributed by atoms with Crippen LogP contribution in [0, 0.1) is 33.5 Å². The Bertz CT molecular complexity index is 2620. The molecule has 8 nitrogen and oxygen atoms in total. The Balaban J connectivity index is 0.000000272. The summed E-state index contributed by atoms with van der Waals surface area (Å²) in [5.41, 5.74) is 13.2. The normalized spacial score (nSPS) is 15.7. The number of aryl methyl sites for hydroxylation is 2. The number of allylic oxidation sites excluding steroid dienone is 3. The van der Waals surface area contributed by atoms with Gasteiger partial charge in [0.25, 0.3) is 0 Å². The van der Waals surface area contributed by atoms with Gasteiger partial charge in [-0.25, -0.2) is 23.4 Å². The van der Waals surface area contributed by atoms with Crippen LogP contribution in [0.5, 0.6) is 0 Å². The van der Waals surface area contributed by atoms with Crippen LogP contribution in [-0.2, 0) is 44.6 Å². The molecule has 0 amide bonds. The molecule has 0 N–H and O–H groups in total. The van der Waals surface area contributed by atoms with Crippen LogP contribution in [0.15, 0.2) is 92.5 Å². The molecule has 6 rings (SSSR count). The van der Waals surface area contributed by atoms with Crippen molar-refractivity contribution in [3.63, 3.8) is 0 Å². The average Bonchev–Trinajstić information content (AvgIpc) is 3.84. The number of hydrogen-bond donors (Lipinski definition) is 0. The van der Waals surface area contributed by atoms with Gasteiger partial charge < -0.3 is 19.4 Å². The number of hydrogen-bond acceptors (Lipinski definition) is 6. The molecule has 0 radical (unpaired) electrons. The average molecular weight is 908 g/mol. The van der Waals surface area contributed by atoms with Gasteiger partial charge >= 0.3 is 31.4 Å². The molecule has 2 aromatic carbocycles. The molecule has 0 unspecified atom stereocenters. The summed E-state index contributed by atoms with van der Waals surface area (Å²) in [6, 6.07) is 16.4. The van der Waals surface area contributed by atoms with Crippen molar-refractivity contribution in [1.29, 1.82) is 0 Å². The van der Waals surface area contributed by atoms with E-state index in [2.05, 4.69) is 75.8 Å². The van der Waals surface area contributed by atoms with Crippen molar-refractivity contribution in [3.8, 4) is 0 Å². The Morgan fingerprint density at radius 2 is 1.00 bits per heavy atom. The zero-order valence-electron chi connectivity index (χ0n) is 39.9. The van der Waals surface area contributed by atoms with Crippen LogP contribution in [0.25, 0.3) is 11.1 Å². The van der Waals surface area contributed by atoms with E-state index in [0.717, 1.165) is 22.3 Å². The van der Waals surface area contributed by atoms with Gasteiger partial charge in [0.2, 0.25) is 0 Å². The molecule has 0 atom stereocenters. The van der Waals surface area contributed by atoms with Crippen molar-refractivity contribution < 1.29 is 47.3 Å². The first-order valence-electron chi connectivity index (χ1n) is 21.1. The molecule has 2 aliphatic heterocycles. The smallest absolute Gasteiger partial charge is 0.660 e. The van der Waals surface area contributed by atoms with Crippen LogP contribution in [0.2, 0.25) is 0 Å². The number of esters is 2. The number of aromatic nitrogens is 2. The van der Waals surface area contributed by atoms with Crippen molar-refractivity contribution in [3.05, 3.63) is 150 Å². The van der Waals surface area contributed by atoms with E-state index in [4.69, 9.17) is 19.5 Å². The van der Waals surface area contributed by atoms with E-state index in [-0.39, 0.29) is 55.2 Å².